The van der Waals surface area contributed by atoms with Gasteiger partial charge in [0.15, 0.2) is 0 Å². The molecule has 0 aliphatic carbocycles. The summed E-state index contributed by atoms with van der Waals surface area (Å²) in [6, 6.07) is 0. The molecule has 1 heterocycles. The Labute approximate surface area is 63.2 Å². The smallest absolute Gasteiger partial charge is 0.0991 e. The minimum Gasteiger partial charge on any atom is -0.363 e. The predicted octanol–water partition coefficient (Wildman–Crippen LogP) is 1.46. The van der Waals surface area contributed by atoms with Crippen LogP contribution < -0.4 is 0 Å². The van der Waals surface area contributed by atoms with E-state index in [4.69, 9.17) is 4.74 Å². The van der Waals surface area contributed by atoms with Gasteiger partial charge in [0.05, 0.1) is 12.8 Å². The zero-order valence-electron chi connectivity index (χ0n) is 6.97. The van der Waals surface area contributed by atoms with Gasteiger partial charge in [-0.2, -0.15) is 0 Å². The third-order valence-electron chi connectivity index (χ3n) is 1.98. The molecule has 0 bridgehead atoms. The summed E-state index contributed by atoms with van der Waals surface area (Å²) in [4.78, 5) is 2.23. The molecule has 2 nitrogen and oxygen atoms in total. The van der Waals surface area contributed by atoms with Crippen LogP contribution in [0.15, 0.2) is 0 Å². The van der Waals surface area contributed by atoms with Gasteiger partial charge in [-0.1, -0.05) is 0 Å². The van der Waals surface area contributed by atoms with Gasteiger partial charge in [-0.15, -0.1) is 0 Å². The number of rotatable bonds is 0. The van der Waals surface area contributed by atoms with E-state index < -0.39 is 0 Å². The highest BCUT2D eigenvalue weighted by Gasteiger charge is 2.07. The second-order valence-electron chi connectivity index (χ2n) is 3.18. The van der Waals surface area contributed by atoms with Gasteiger partial charge in [0.25, 0.3) is 0 Å². The highest BCUT2D eigenvalue weighted by molar-refractivity contribution is 4.57. The topological polar surface area (TPSA) is 12.5 Å². The third-order valence-corrected chi connectivity index (χ3v) is 1.98. The van der Waals surface area contributed by atoms with Gasteiger partial charge >= 0.3 is 0 Å². The normalized spacial score (nSPS) is 31.2. The van der Waals surface area contributed by atoms with Crippen molar-refractivity contribution in [3.63, 3.8) is 0 Å². The lowest BCUT2D eigenvalue weighted by Crippen LogP contribution is -2.28. The van der Waals surface area contributed by atoms with Crippen molar-refractivity contribution < 1.29 is 4.74 Å². The highest BCUT2D eigenvalue weighted by Crippen LogP contribution is 2.08. The largest absolute Gasteiger partial charge is 0.363 e. The lowest BCUT2D eigenvalue weighted by atomic mass is 10.1. The average Bonchev–Trinajstić information content (AvgIpc) is 1.90. The quantitative estimate of drug-likeness (QED) is 0.509. The summed E-state index contributed by atoms with van der Waals surface area (Å²) in [5.74, 6) is 0. The maximum absolute atomic E-state index is 5.52. The number of hydrogen-bond donors (Lipinski definition) is 0. The van der Waals surface area contributed by atoms with Gasteiger partial charge in [-0.3, -0.25) is 4.90 Å². The molecule has 0 aromatic rings. The molecule has 1 saturated heterocycles. The zero-order valence-corrected chi connectivity index (χ0v) is 6.97. The second kappa shape index (κ2) is 3.94. The molecular formula is C8H17NO. The summed E-state index contributed by atoms with van der Waals surface area (Å²) in [5, 5.41) is 0. The van der Waals surface area contributed by atoms with E-state index in [9.17, 15) is 0 Å². The molecule has 0 aromatic heterocycles. The van der Waals surface area contributed by atoms with E-state index in [2.05, 4.69) is 18.9 Å². The summed E-state index contributed by atoms with van der Waals surface area (Å²) in [5.41, 5.74) is 0. The summed E-state index contributed by atoms with van der Waals surface area (Å²) in [6.07, 6.45) is 4.33. The van der Waals surface area contributed by atoms with Crippen molar-refractivity contribution in [1.29, 1.82) is 0 Å². The van der Waals surface area contributed by atoms with Gasteiger partial charge in [0.2, 0.25) is 0 Å². The van der Waals surface area contributed by atoms with Gasteiger partial charge in [-0.05, 0) is 39.8 Å². The maximum Gasteiger partial charge on any atom is 0.0991 e. The highest BCUT2D eigenvalue weighted by atomic mass is 16.5. The zero-order chi connectivity index (χ0) is 7.40. The summed E-state index contributed by atoms with van der Waals surface area (Å²) >= 11 is 0. The molecule has 1 rings (SSSR count). The van der Waals surface area contributed by atoms with Crippen LogP contribution in [0.25, 0.3) is 0 Å². The Bertz CT molecular complexity index is 83.3. The molecular weight excluding hydrogens is 126 g/mol. The van der Waals surface area contributed by atoms with Crippen molar-refractivity contribution in [2.45, 2.75) is 32.3 Å². The van der Waals surface area contributed by atoms with Crippen LogP contribution >= 0.6 is 0 Å². The predicted molar refractivity (Wildman–Crippen MR) is 41.9 cm³/mol. The fourth-order valence-electron chi connectivity index (χ4n) is 1.22. The van der Waals surface area contributed by atoms with Crippen molar-refractivity contribution >= 4 is 0 Å². The Hall–Kier alpha value is -0.0800. The first-order chi connectivity index (χ1) is 4.79. The number of ether oxygens (including phenoxy) is 1. The van der Waals surface area contributed by atoms with Crippen molar-refractivity contribution in [2.75, 3.05) is 20.3 Å². The minimum atomic E-state index is 0.461. The second-order valence-corrected chi connectivity index (χ2v) is 3.18. The fraction of sp³-hybridized carbons (Fsp3) is 1.00. The van der Waals surface area contributed by atoms with Crippen LogP contribution in [0.1, 0.15) is 26.2 Å². The first-order valence-electron chi connectivity index (χ1n) is 4.09. The van der Waals surface area contributed by atoms with Gasteiger partial charge in [-0.25, -0.2) is 0 Å². The maximum atomic E-state index is 5.52. The number of hydrogen-bond acceptors (Lipinski definition) is 2. The van der Waals surface area contributed by atoms with Crippen LogP contribution in [-0.2, 0) is 4.74 Å². The Kier molecular flexibility index (Phi) is 3.16. The molecule has 0 aromatic carbocycles. The van der Waals surface area contributed by atoms with Crippen molar-refractivity contribution in [2.24, 2.45) is 0 Å². The molecule has 10 heavy (non-hydrogen) atoms. The summed E-state index contributed by atoms with van der Waals surface area (Å²) in [7, 11) is 2.11. The van der Waals surface area contributed by atoms with Gasteiger partial charge in [0.1, 0.15) is 0 Å². The molecule has 1 atom stereocenters. The SMILES string of the molecule is CC1CCCCN(C)CO1. The van der Waals surface area contributed by atoms with E-state index in [1.54, 1.807) is 0 Å². The van der Waals surface area contributed by atoms with Crippen LogP contribution in [0.4, 0.5) is 0 Å². The lowest BCUT2D eigenvalue weighted by Gasteiger charge is -2.23. The van der Waals surface area contributed by atoms with Crippen LogP contribution in [0.5, 0.6) is 0 Å². The Morgan fingerprint density at radius 1 is 1.40 bits per heavy atom. The molecule has 1 aliphatic rings. The Morgan fingerprint density at radius 2 is 2.20 bits per heavy atom. The Balaban J connectivity index is 2.23. The first kappa shape index (κ1) is 8.02. The molecule has 0 radical (unpaired) electrons. The molecule has 0 amide bonds. The van der Waals surface area contributed by atoms with Crippen LogP contribution in [0.3, 0.4) is 0 Å². The molecule has 1 aliphatic heterocycles. The Morgan fingerprint density at radius 3 is 3.00 bits per heavy atom. The number of nitrogens with zero attached hydrogens (tertiary/aromatic N) is 1. The van der Waals surface area contributed by atoms with E-state index in [-0.39, 0.29) is 0 Å². The lowest BCUT2D eigenvalue weighted by molar-refractivity contribution is -0.0193. The minimum absolute atomic E-state index is 0.461. The molecule has 1 unspecified atom stereocenters. The summed E-state index contributed by atoms with van der Waals surface area (Å²) < 4.78 is 5.52. The van der Waals surface area contributed by atoms with Crippen LogP contribution in [-0.4, -0.2) is 31.3 Å². The standard InChI is InChI=1S/C8H17NO/c1-8-5-3-4-6-9(2)7-10-8/h8H,3-7H2,1-2H3. The van der Waals surface area contributed by atoms with Gasteiger partial charge in [0, 0.05) is 0 Å². The molecule has 2 heteroatoms. The molecule has 0 saturated carbocycles. The van der Waals surface area contributed by atoms with E-state index in [1.807, 2.05) is 0 Å². The fourth-order valence-corrected chi connectivity index (χ4v) is 1.22. The van der Waals surface area contributed by atoms with Crippen molar-refractivity contribution in [1.82, 2.24) is 4.90 Å². The van der Waals surface area contributed by atoms with E-state index >= 15 is 0 Å². The monoisotopic (exact) mass is 143 g/mol. The van der Waals surface area contributed by atoms with E-state index in [0.29, 0.717) is 6.10 Å². The molecule has 0 N–H and O–H groups in total. The van der Waals surface area contributed by atoms with Crippen molar-refractivity contribution in [3.8, 4) is 0 Å². The molecule has 60 valence electrons. The van der Waals surface area contributed by atoms with E-state index in [1.165, 1.54) is 25.8 Å². The third kappa shape index (κ3) is 2.67. The van der Waals surface area contributed by atoms with Crippen LogP contribution in [0, 0.1) is 0 Å². The van der Waals surface area contributed by atoms with Crippen LogP contribution in [0.2, 0.25) is 0 Å². The summed E-state index contributed by atoms with van der Waals surface area (Å²) in [6.45, 7) is 4.15. The first-order valence-corrected chi connectivity index (χ1v) is 4.09. The molecule has 1 fully saturated rings. The average molecular weight is 143 g/mol. The van der Waals surface area contributed by atoms with Gasteiger partial charge < -0.3 is 4.74 Å². The van der Waals surface area contributed by atoms with Crippen molar-refractivity contribution in [3.05, 3.63) is 0 Å². The van der Waals surface area contributed by atoms with E-state index in [0.717, 1.165) is 6.73 Å². The molecule has 0 spiro atoms.